The topological polar surface area (TPSA) is 67.1 Å². The fraction of sp³-hybridized carbons (Fsp3) is 0.889. The van der Waals surface area contributed by atoms with Crippen molar-refractivity contribution in [3.8, 4) is 0 Å². The zero-order valence-electron chi connectivity index (χ0n) is 8.97. The van der Waals surface area contributed by atoms with Crippen molar-refractivity contribution in [3.05, 3.63) is 0 Å². The van der Waals surface area contributed by atoms with Crippen molar-refractivity contribution in [3.63, 3.8) is 0 Å². The van der Waals surface area contributed by atoms with Crippen molar-refractivity contribution in [1.82, 2.24) is 10.6 Å². The van der Waals surface area contributed by atoms with Gasteiger partial charge in [0.15, 0.2) is 0 Å². The third kappa shape index (κ3) is 5.09. The number of rotatable bonds is 5. The second-order valence-electron chi connectivity index (χ2n) is 3.77. The van der Waals surface area contributed by atoms with Crippen molar-refractivity contribution < 1.29 is 13.6 Å². The molecule has 1 aliphatic rings. The summed E-state index contributed by atoms with van der Waals surface area (Å²) in [5.41, 5.74) is 4.86. The Labute approximate surface area is 97.7 Å². The molecule has 0 aromatic rings. The van der Waals surface area contributed by atoms with Crippen LogP contribution in [0.4, 0.5) is 8.78 Å². The molecule has 0 saturated carbocycles. The Balaban J connectivity index is 2.19. The van der Waals surface area contributed by atoms with Gasteiger partial charge in [-0.15, -0.1) is 0 Å². The molecular formula is C9H17F2N3OS. The number of thioether (sulfide) groups is 1. The molecule has 94 valence electrons. The van der Waals surface area contributed by atoms with E-state index in [1.54, 1.807) is 11.8 Å². The highest BCUT2D eigenvalue weighted by Crippen LogP contribution is 2.11. The van der Waals surface area contributed by atoms with Crippen LogP contribution in [-0.2, 0) is 4.79 Å². The lowest BCUT2D eigenvalue weighted by molar-refractivity contribution is -0.123. The van der Waals surface area contributed by atoms with Crippen LogP contribution in [0, 0.1) is 0 Å². The van der Waals surface area contributed by atoms with E-state index in [2.05, 4.69) is 10.6 Å². The van der Waals surface area contributed by atoms with Gasteiger partial charge in [0.1, 0.15) is 0 Å². The zero-order valence-corrected chi connectivity index (χ0v) is 9.79. The van der Waals surface area contributed by atoms with Crippen LogP contribution in [-0.4, -0.2) is 49.0 Å². The summed E-state index contributed by atoms with van der Waals surface area (Å²) in [6.45, 7) is -0.561. The molecule has 1 atom stereocenters. The highest BCUT2D eigenvalue weighted by Gasteiger charge is 2.27. The van der Waals surface area contributed by atoms with Crippen molar-refractivity contribution in [2.24, 2.45) is 5.73 Å². The predicted molar refractivity (Wildman–Crippen MR) is 60.7 cm³/mol. The summed E-state index contributed by atoms with van der Waals surface area (Å²) in [5.74, 6) is -1.48. The number of carbonyl (C=O) groups excluding carboxylic acids is 1. The average molecular weight is 253 g/mol. The molecule has 1 unspecified atom stereocenters. The molecule has 0 radical (unpaired) electrons. The molecule has 1 rings (SSSR count). The highest BCUT2D eigenvalue weighted by atomic mass is 32.2. The fourth-order valence-corrected chi connectivity index (χ4v) is 2.30. The Morgan fingerprint density at radius 3 is 2.94 bits per heavy atom. The lowest BCUT2D eigenvalue weighted by atomic mass is 10.2. The maximum atomic E-state index is 12.7. The van der Waals surface area contributed by atoms with E-state index < -0.39 is 19.0 Å². The Morgan fingerprint density at radius 2 is 2.38 bits per heavy atom. The molecule has 4 nitrogen and oxygen atoms in total. The van der Waals surface area contributed by atoms with Crippen LogP contribution in [0.1, 0.15) is 6.42 Å². The van der Waals surface area contributed by atoms with Gasteiger partial charge >= 0.3 is 0 Å². The molecule has 0 aromatic heterocycles. The van der Waals surface area contributed by atoms with Crippen LogP contribution in [0.3, 0.4) is 0 Å². The summed E-state index contributed by atoms with van der Waals surface area (Å²) < 4.78 is 25.5. The first-order chi connectivity index (χ1) is 7.53. The Bertz CT molecular complexity index is 235. The second-order valence-corrected chi connectivity index (χ2v) is 4.92. The van der Waals surface area contributed by atoms with Gasteiger partial charge in [-0.05, 0) is 0 Å². The quantitative estimate of drug-likeness (QED) is 0.634. The van der Waals surface area contributed by atoms with Gasteiger partial charge in [-0.3, -0.25) is 4.79 Å². The van der Waals surface area contributed by atoms with E-state index >= 15 is 0 Å². The molecular weight excluding hydrogens is 236 g/mol. The summed E-state index contributed by atoms with van der Waals surface area (Å²) >= 11 is 1.76. The normalized spacial score (nSPS) is 21.8. The monoisotopic (exact) mass is 253 g/mol. The van der Waals surface area contributed by atoms with Crippen LogP contribution < -0.4 is 16.4 Å². The minimum Gasteiger partial charge on any atom is -0.350 e. The first-order valence-electron chi connectivity index (χ1n) is 5.19. The van der Waals surface area contributed by atoms with E-state index in [9.17, 15) is 13.6 Å². The number of alkyl halides is 2. The third-order valence-corrected chi connectivity index (χ3v) is 3.40. The Hall–Kier alpha value is -0.400. The smallest absolute Gasteiger partial charge is 0.277 e. The van der Waals surface area contributed by atoms with Crippen LogP contribution in [0.25, 0.3) is 0 Å². The second kappa shape index (κ2) is 6.36. The lowest BCUT2D eigenvalue weighted by Gasteiger charge is -2.23. The summed E-state index contributed by atoms with van der Waals surface area (Å²) in [4.78, 5) is 11.3. The summed E-state index contributed by atoms with van der Waals surface area (Å²) in [6, 6.07) is 0.0882. The van der Waals surface area contributed by atoms with E-state index in [1.807, 2.05) is 0 Å². The molecule has 4 N–H and O–H groups in total. The van der Waals surface area contributed by atoms with E-state index in [1.165, 1.54) is 0 Å². The molecule has 7 heteroatoms. The first kappa shape index (κ1) is 13.7. The SMILES string of the molecule is NCC(F)(F)CNC(=O)CC1CSCCN1. The maximum absolute atomic E-state index is 12.7. The molecule has 0 aromatic carbocycles. The Kier molecular flexibility index (Phi) is 5.43. The molecule has 0 spiro atoms. The van der Waals surface area contributed by atoms with E-state index in [-0.39, 0.29) is 18.4 Å². The van der Waals surface area contributed by atoms with Gasteiger partial charge in [-0.25, -0.2) is 8.78 Å². The third-order valence-electron chi connectivity index (χ3n) is 2.27. The van der Waals surface area contributed by atoms with Gasteiger partial charge in [0, 0.05) is 30.5 Å². The van der Waals surface area contributed by atoms with E-state index in [4.69, 9.17) is 5.73 Å². The number of carbonyl (C=O) groups is 1. The number of nitrogens with two attached hydrogens (primary N) is 1. The largest absolute Gasteiger partial charge is 0.350 e. The number of hydrogen-bond acceptors (Lipinski definition) is 4. The predicted octanol–water partition coefficient (Wildman–Crippen LogP) is -0.208. The van der Waals surface area contributed by atoms with Gasteiger partial charge in [0.25, 0.3) is 5.92 Å². The standard InChI is InChI=1S/C9H17F2N3OS/c10-9(11,5-12)6-14-8(15)3-7-4-16-2-1-13-7/h7,13H,1-6,12H2,(H,14,15). The minimum absolute atomic E-state index is 0.0882. The van der Waals surface area contributed by atoms with Crippen molar-refractivity contribution in [2.75, 3.05) is 31.1 Å². The van der Waals surface area contributed by atoms with Gasteiger partial charge < -0.3 is 16.4 Å². The van der Waals surface area contributed by atoms with E-state index in [0.717, 1.165) is 18.1 Å². The summed E-state index contributed by atoms with van der Waals surface area (Å²) in [6.07, 6.45) is 0.244. The van der Waals surface area contributed by atoms with Gasteiger partial charge in [0.2, 0.25) is 5.91 Å². The van der Waals surface area contributed by atoms with Crippen molar-refractivity contribution in [2.45, 2.75) is 18.4 Å². The van der Waals surface area contributed by atoms with Gasteiger partial charge in [-0.2, -0.15) is 11.8 Å². The summed E-state index contributed by atoms with van der Waals surface area (Å²) in [7, 11) is 0. The minimum atomic E-state index is -3.01. The number of amides is 1. The van der Waals surface area contributed by atoms with Gasteiger partial charge in [-0.1, -0.05) is 0 Å². The number of halogens is 2. The molecule has 1 heterocycles. The zero-order chi connectivity index (χ0) is 12.0. The van der Waals surface area contributed by atoms with Crippen molar-refractivity contribution in [1.29, 1.82) is 0 Å². The number of nitrogens with one attached hydrogen (secondary N) is 2. The van der Waals surface area contributed by atoms with Crippen LogP contribution in [0.5, 0.6) is 0 Å². The lowest BCUT2D eigenvalue weighted by Crippen LogP contribution is -2.45. The highest BCUT2D eigenvalue weighted by molar-refractivity contribution is 7.99. The molecule has 0 bridgehead atoms. The molecule has 16 heavy (non-hydrogen) atoms. The first-order valence-corrected chi connectivity index (χ1v) is 6.35. The van der Waals surface area contributed by atoms with Crippen molar-refractivity contribution >= 4 is 17.7 Å². The molecule has 1 saturated heterocycles. The number of hydrogen-bond donors (Lipinski definition) is 3. The Morgan fingerprint density at radius 1 is 1.62 bits per heavy atom. The molecule has 0 aliphatic carbocycles. The maximum Gasteiger partial charge on any atom is 0.277 e. The van der Waals surface area contributed by atoms with Gasteiger partial charge in [0.05, 0.1) is 13.1 Å². The molecule has 1 fully saturated rings. The van der Waals surface area contributed by atoms with E-state index in [0.29, 0.717) is 0 Å². The van der Waals surface area contributed by atoms with Crippen LogP contribution >= 0.6 is 11.8 Å². The average Bonchev–Trinajstić information content (AvgIpc) is 2.28. The van der Waals surface area contributed by atoms with Crippen LogP contribution in [0.15, 0.2) is 0 Å². The molecule has 1 amide bonds. The molecule has 1 aliphatic heterocycles. The van der Waals surface area contributed by atoms with Crippen LogP contribution in [0.2, 0.25) is 0 Å². The summed E-state index contributed by atoms with van der Waals surface area (Å²) in [5, 5.41) is 5.37. The fourth-order valence-electron chi connectivity index (χ4n) is 1.35.